The van der Waals surface area contributed by atoms with Crippen molar-refractivity contribution in [2.45, 2.75) is 33.9 Å². The fraction of sp³-hybridized carbons (Fsp3) is 0.429. The SMILES string of the molecule is CCNCc1cc(C)nc(Oc2cnn(CC)c2)c1. The maximum absolute atomic E-state index is 5.74. The number of hydrogen-bond donors (Lipinski definition) is 1. The van der Waals surface area contributed by atoms with Gasteiger partial charge in [0, 0.05) is 24.8 Å². The molecule has 0 aliphatic heterocycles. The third-order valence-corrected chi connectivity index (χ3v) is 2.72. The molecule has 19 heavy (non-hydrogen) atoms. The normalized spacial score (nSPS) is 10.7. The summed E-state index contributed by atoms with van der Waals surface area (Å²) in [6.45, 7) is 8.69. The topological polar surface area (TPSA) is 52.0 Å². The third kappa shape index (κ3) is 3.79. The summed E-state index contributed by atoms with van der Waals surface area (Å²) in [4.78, 5) is 4.39. The molecule has 0 aliphatic rings. The molecule has 2 aromatic rings. The molecular formula is C14H20N4O. The molecule has 5 nitrogen and oxygen atoms in total. The Kier molecular flexibility index (Phi) is 4.52. The number of rotatable bonds is 6. The van der Waals surface area contributed by atoms with E-state index in [0.29, 0.717) is 11.6 Å². The van der Waals surface area contributed by atoms with E-state index >= 15 is 0 Å². The fourth-order valence-corrected chi connectivity index (χ4v) is 1.82. The van der Waals surface area contributed by atoms with Gasteiger partial charge in [-0.3, -0.25) is 4.68 Å². The Bertz CT molecular complexity index is 536. The predicted octanol–water partition coefficient (Wildman–Crippen LogP) is 2.51. The first kappa shape index (κ1) is 13.5. The Balaban J connectivity index is 2.12. The molecule has 0 aromatic carbocycles. The van der Waals surface area contributed by atoms with Gasteiger partial charge in [0.25, 0.3) is 0 Å². The summed E-state index contributed by atoms with van der Waals surface area (Å²) in [5, 5.41) is 7.47. The number of hydrogen-bond acceptors (Lipinski definition) is 4. The van der Waals surface area contributed by atoms with Gasteiger partial charge in [0.2, 0.25) is 5.88 Å². The molecule has 0 unspecified atom stereocenters. The van der Waals surface area contributed by atoms with Crippen molar-refractivity contribution in [3.8, 4) is 11.6 Å². The van der Waals surface area contributed by atoms with Crippen molar-refractivity contribution in [2.75, 3.05) is 6.54 Å². The van der Waals surface area contributed by atoms with Crippen LogP contribution in [-0.2, 0) is 13.1 Å². The summed E-state index contributed by atoms with van der Waals surface area (Å²) in [5.41, 5.74) is 2.13. The lowest BCUT2D eigenvalue weighted by Gasteiger charge is -2.07. The second-order valence-corrected chi connectivity index (χ2v) is 4.37. The lowest BCUT2D eigenvalue weighted by molar-refractivity contribution is 0.459. The molecule has 2 aromatic heterocycles. The van der Waals surface area contributed by atoms with E-state index in [-0.39, 0.29) is 0 Å². The van der Waals surface area contributed by atoms with Crippen LogP contribution in [0.4, 0.5) is 0 Å². The summed E-state index contributed by atoms with van der Waals surface area (Å²) in [6, 6.07) is 4.02. The third-order valence-electron chi connectivity index (χ3n) is 2.72. The maximum Gasteiger partial charge on any atom is 0.219 e. The quantitative estimate of drug-likeness (QED) is 0.867. The fourth-order valence-electron chi connectivity index (χ4n) is 1.82. The molecule has 2 heterocycles. The van der Waals surface area contributed by atoms with Gasteiger partial charge in [0.1, 0.15) is 0 Å². The van der Waals surface area contributed by atoms with Crippen molar-refractivity contribution >= 4 is 0 Å². The first-order valence-electron chi connectivity index (χ1n) is 6.60. The summed E-state index contributed by atoms with van der Waals surface area (Å²) in [6.07, 6.45) is 3.57. The standard InChI is InChI=1S/C14H20N4O/c1-4-15-8-12-6-11(3)17-14(7-12)19-13-9-16-18(5-2)10-13/h6-7,9-10,15H,4-5,8H2,1-3H3. The van der Waals surface area contributed by atoms with Gasteiger partial charge < -0.3 is 10.1 Å². The van der Waals surface area contributed by atoms with Crippen LogP contribution < -0.4 is 10.1 Å². The molecule has 5 heteroatoms. The smallest absolute Gasteiger partial charge is 0.219 e. The monoisotopic (exact) mass is 260 g/mol. The van der Waals surface area contributed by atoms with E-state index in [1.54, 1.807) is 6.20 Å². The summed E-state index contributed by atoms with van der Waals surface area (Å²) >= 11 is 0. The molecule has 0 saturated carbocycles. The molecule has 0 amide bonds. The number of ether oxygens (including phenoxy) is 1. The van der Waals surface area contributed by atoms with Gasteiger partial charge >= 0.3 is 0 Å². The highest BCUT2D eigenvalue weighted by atomic mass is 16.5. The van der Waals surface area contributed by atoms with Gasteiger partial charge in [-0.15, -0.1) is 0 Å². The van der Waals surface area contributed by atoms with Crippen LogP contribution in [0.5, 0.6) is 11.6 Å². The first-order valence-corrected chi connectivity index (χ1v) is 6.60. The summed E-state index contributed by atoms with van der Waals surface area (Å²) in [7, 11) is 0. The molecule has 0 radical (unpaired) electrons. The predicted molar refractivity (Wildman–Crippen MR) is 74.3 cm³/mol. The lowest BCUT2D eigenvalue weighted by Crippen LogP contribution is -2.12. The molecular weight excluding hydrogens is 240 g/mol. The molecule has 0 bridgehead atoms. The van der Waals surface area contributed by atoms with Crippen LogP contribution in [0.1, 0.15) is 25.1 Å². The Morgan fingerprint density at radius 3 is 2.84 bits per heavy atom. The van der Waals surface area contributed by atoms with Crippen LogP contribution in [0.3, 0.4) is 0 Å². The second kappa shape index (κ2) is 6.33. The van der Waals surface area contributed by atoms with Gasteiger partial charge in [0.15, 0.2) is 5.75 Å². The number of pyridine rings is 1. The Morgan fingerprint density at radius 1 is 1.32 bits per heavy atom. The number of nitrogens with one attached hydrogen (secondary N) is 1. The summed E-state index contributed by atoms with van der Waals surface area (Å²) in [5.74, 6) is 1.33. The minimum atomic E-state index is 0.614. The van der Waals surface area contributed by atoms with Gasteiger partial charge in [-0.05, 0) is 32.0 Å². The minimum Gasteiger partial charge on any atom is -0.436 e. The Morgan fingerprint density at radius 2 is 2.16 bits per heavy atom. The van der Waals surface area contributed by atoms with Crippen LogP contribution in [0.25, 0.3) is 0 Å². The molecule has 0 fully saturated rings. The van der Waals surface area contributed by atoms with Gasteiger partial charge in [-0.25, -0.2) is 4.98 Å². The summed E-state index contributed by atoms with van der Waals surface area (Å²) < 4.78 is 7.56. The van der Waals surface area contributed by atoms with Crippen molar-refractivity contribution in [3.63, 3.8) is 0 Å². The molecule has 0 saturated heterocycles. The van der Waals surface area contributed by atoms with Crippen LogP contribution in [0.15, 0.2) is 24.5 Å². The van der Waals surface area contributed by atoms with E-state index < -0.39 is 0 Å². The van der Waals surface area contributed by atoms with Crippen molar-refractivity contribution in [2.24, 2.45) is 0 Å². The zero-order valence-corrected chi connectivity index (χ0v) is 11.7. The zero-order valence-electron chi connectivity index (χ0n) is 11.7. The number of nitrogens with zero attached hydrogens (tertiary/aromatic N) is 3. The molecule has 0 aliphatic carbocycles. The van der Waals surface area contributed by atoms with Crippen molar-refractivity contribution < 1.29 is 4.74 Å². The zero-order chi connectivity index (χ0) is 13.7. The number of aromatic nitrogens is 3. The van der Waals surface area contributed by atoms with E-state index in [2.05, 4.69) is 28.4 Å². The van der Waals surface area contributed by atoms with Crippen molar-refractivity contribution in [1.82, 2.24) is 20.1 Å². The van der Waals surface area contributed by atoms with E-state index in [0.717, 1.165) is 25.3 Å². The van der Waals surface area contributed by atoms with E-state index in [4.69, 9.17) is 4.74 Å². The van der Waals surface area contributed by atoms with Crippen LogP contribution in [0, 0.1) is 6.92 Å². The highest BCUT2D eigenvalue weighted by Crippen LogP contribution is 2.20. The Labute approximate surface area is 113 Å². The van der Waals surface area contributed by atoms with Gasteiger partial charge in [0.05, 0.1) is 12.4 Å². The largest absolute Gasteiger partial charge is 0.436 e. The highest BCUT2D eigenvalue weighted by Gasteiger charge is 2.04. The molecule has 102 valence electrons. The average Bonchev–Trinajstić information content (AvgIpc) is 2.83. The highest BCUT2D eigenvalue weighted by molar-refractivity contribution is 5.28. The van der Waals surface area contributed by atoms with E-state index in [9.17, 15) is 0 Å². The van der Waals surface area contributed by atoms with E-state index in [1.165, 1.54) is 5.56 Å². The van der Waals surface area contributed by atoms with Crippen molar-refractivity contribution in [1.29, 1.82) is 0 Å². The van der Waals surface area contributed by atoms with Gasteiger partial charge in [-0.1, -0.05) is 6.92 Å². The minimum absolute atomic E-state index is 0.614. The van der Waals surface area contributed by atoms with Crippen molar-refractivity contribution in [3.05, 3.63) is 35.8 Å². The van der Waals surface area contributed by atoms with Crippen LogP contribution in [-0.4, -0.2) is 21.3 Å². The maximum atomic E-state index is 5.74. The van der Waals surface area contributed by atoms with Crippen LogP contribution >= 0.6 is 0 Å². The molecule has 0 spiro atoms. The number of aryl methyl sites for hydroxylation is 2. The molecule has 0 atom stereocenters. The Hall–Kier alpha value is -1.88. The second-order valence-electron chi connectivity index (χ2n) is 4.37. The van der Waals surface area contributed by atoms with E-state index in [1.807, 2.05) is 30.8 Å². The molecule has 1 N–H and O–H groups in total. The molecule has 2 rings (SSSR count). The lowest BCUT2D eigenvalue weighted by atomic mass is 10.2. The average molecular weight is 260 g/mol. The first-order chi connectivity index (χ1) is 9.21. The van der Waals surface area contributed by atoms with Crippen LogP contribution in [0.2, 0.25) is 0 Å². The van der Waals surface area contributed by atoms with Gasteiger partial charge in [-0.2, -0.15) is 5.10 Å².